The molecule has 60 heavy (non-hydrogen) atoms. The fraction of sp³-hybridized carbons (Fsp3) is 0.303. The van der Waals surface area contributed by atoms with Gasteiger partial charge in [-0.05, 0) is 66.8 Å². The molecule has 0 radical (unpaired) electrons. The van der Waals surface area contributed by atoms with E-state index in [-0.39, 0.29) is 61.4 Å². The number of alkyl halides is 3. The van der Waals surface area contributed by atoms with Crippen LogP contribution in [0.2, 0.25) is 5.02 Å². The summed E-state index contributed by atoms with van der Waals surface area (Å²) in [5.74, 6) is -2.95. The van der Waals surface area contributed by atoms with Crippen LogP contribution in [0.3, 0.4) is 0 Å². The average Bonchev–Trinajstić information content (AvgIpc) is 3.16. The number of thioether (sulfide) groups is 1. The molecule has 19 nitrogen and oxygen atoms in total. The van der Waals surface area contributed by atoms with Gasteiger partial charge in [0.25, 0.3) is 15.6 Å². The smallest absolute Gasteiger partial charge is 0.431 e. The molecule has 1 atom stereocenters. The zero-order valence-corrected chi connectivity index (χ0v) is 36.3. The van der Waals surface area contributed by atoms with Crippen LogP contribution in [-0.2, 0) is 42.3 Å². The van der Waals surface area contributed by atoms with Gasteiger partial charge in [0.15, 0.2) is 0 Å². The SMILES string of the molecule is COC(=O)CCNC(=O)C(C)Sc1cc(-n2c(=O)cc(C(F)(F)F)n(C)c2=O)c(F)cc1Cl.COC(=O)c1ccc(I)cc1S(=O)(=O)NC(=O)Nc1nc(C)nc(OC)n1. The summed E-state index contributed by atoms with van der Waals surface area (Å²) in [6.07, 6.45) is -5.02. The van der Waals surface area contributed by atoms with E-state index in [0.717, 1.165) is 38.1 Å². The van der Waals surface area contributed by atoms with Crippen LogP contribution in [0.5, 0.6) is 6.01 Å². The van der Waals surface area contributed by atoms with Crippen molar-refractivity contribution in [2.75, 3.05) is 33.2 Å². The first-order valence-corrected chi connectivity index (χ1v) is 20.1. The molecule has 0 bridgehead atoms. The Balaban J connectivity index is 0.000000327. The van der Waals surface area contributed by atoms with Gasteiger partial charge < -0.3 is 19.5 Å². The number of methoxy groups -OCH3 is 3. The predicted molar refractivity (Wildman–Crippen MR) is 213 cm³/mol. The largest absolute Gasteiger partial charge is 0.469 e. The highest BCUT2D eigenvalue weighted by Crippen LogP contribution is 2.34. The summed E-state index contributed by atoms with van der Waals surface area (Å²) < 4.78 is 95.5. The number of urea groups is 1. The van der Waals surface area contributed by atoms with E-state index in [1.807, 2.05) is 22.6 Å². The number of nitrogens with zero attached hydrogens (tertiary/aromatic N) is 5. The number of benzene rings is 2. The second-order valence-electron chi connectivity index (χ2n) is 11.5. The second kappa shape index (κ2) is 20.8. The lowest BCUT2D eigenvalue weighted by atomic mass is 10.2. The standard InChI is InChI=1S/C19H18ClF4N3O5S.C14H14IN5O6S/c1-9(17(30)25-5-4-16(29)32-3)33-13-7-12(11(21)6-10(13)20)27-15(28)8-14(19(22,23)24)26(2)18(27)31;1-7-16-12(19-14(17-7)26-3)18-13(22)20-27(23,24)10-6-8(15)4-5-9(10)11(21)25-2/h6-9H,4-5H2,1-3H3,(H,25,30);4-6H,1-3H3,(H2,16,17,18,19,20,22). The van der Waals surface area contributed by atoms with E-state index >= 15 is 0 Å². The van der Waals surface area contributed by atoms with Crippen LogP contribution in [0.1, 0.15) is 35.2 Å². The summed E-state index contributed by atoms with van der Waals surface area (Å²) in [6.45, 7) is 3.04. The van der Waals surface area contributed by atoms with Gasteiger partial charge in [0, 0.05) is 28.1 Å². The lowest BCUT2D eigenvalue weighted by Gasteiger charge is -2.16. The van der Waals surface area contributed by atoms with E-state index in [4.69, 9.17) is 16.3 Å². The number of esters is 2. The van der Waals surface area contributed by atoms with Crippen molar-refractivity contribution in [1.29, 1.82) is 0 Å². The maximum atomic E-state index is 14.6. The van der Waals surface area contributed by atoms with Crippen molar-refractivity contribution in [2.24, 2.45) is 7.05 Å². The molecule has 0 fully saturated rings. The van der Waals surface area contributed by atoms with E-state index in [2.05, 4.69) is 35.1 Å². The van der Waals surface area contributed by atoms with Gasteiger partial charge in [-0.15, -0.1) is 11.8 Å². The molecule has 2 heterocycles. The Labute approximate surface area is 359 Å². The summed E-state index contributed by atoms with van der Waals surface area (Å²) >= 11 is 8.75. The van der Waals surface area contributed by atoms with Crippen LogP contribution < -0.4 is 31.3 Å². The minimum Gasteiger partial charge on any atom is -0.469 e. The Morgan fingerprint density at radius 3 is 2.28 bits per heavy atom. The molecular formula is C33H32ClF4IN8O11S2. The average molecular weight is 1020 g/mol. The van der Waals surface area contributed by atoms with E-state index in [1.54, 1.807) is 11.6 Å². The Morgan fingerprint density at radius 1 is 1.02 bits per heavy atom. The number of carbonyl (C=O) groups excluding carboxylic acids is 4. The molecule has 27 heteroatoms. The molecular weight excluding hydrogens is 987 g/mol. The summed E-state index contributed by atoms with van der Waals surface area (Å²) in [5.41, 5.74) is -5.14. The third kappa shape index (κ3) is 12.8. The molecule has 4 rings (SSSR count). The number of hydrogen-bond donors (Lipinski definition) is 3. The summed E-state index contributed by atoms with van der Waals surface area (Å²) in [5, 5.41) is 3.72. The van der Waals surface area contributed by atoms with Crippen LogP contribution in [0.15, 0.2) is 55.8 Å². The molecule has 3 N–H and O–H groups in total. The maximum absolute atomic E-state index is 14.6. The van der Waals surface area contributed by atoms with Crippen molar-refractivity contribution in [2.45, 2.75) is 41.5 Å². The predicted octanol–water partition coefficient (Wildman–Crippen LogP) is 3.60. The summed E-state index contributed by atoms with van der Waals surface area (Å²) in [4.78, 5) is 83.1. The Hall–Kier alpha value is -5.35. The van der Waals surface area contributed by atoms with Gasteiger partial charge in [-0.3, -0.25) is 24.3 Å². The minimum atomic E-state index is -4.97. The lowest BCUT2D eigenvalue weighted by molar-refractivity contribution is -0.144. The topological polar surface area (TPSA) is 249 Å². The van der Waals surface area contributed by atoms with Gasteiger partial charge >= 0.3 is 35.8 Å². The number of aromatic nitrogens is 5. The van der Waals surface area contributed by atoms with Crippen LogP contribution >= 0.6 is 46.0 Å². The van der Waals surface area contributed by atoms with Crippen molar-refractivity contribution in [3.05, 3.63) is 88.7 Å². The number of ether oxygens (including phenoxy) is 3. The minimum absolute atomic E-state index is 0.00972. The van der Waals surface area contributed by atoms with Gasteiger partial charge in [-0.2, -0.15) is 28.1 Å². The van der Waals surface area contributed by atoms with E-state index < -0.39 is 78.7 Å². The molecule has 1 unspecified atom stereocenters. The molecule has 0 saturated heterocycles. The number of rotatable bonds is 12. The third-order valence-corrected chi connectivity index (χ3v) is 11.0. The van der Waals surface area contributed by atoms with E-state index in [9.17, 15) is 54.7 Å². The number of carbonyl (C=O) groups is 4. The Kier molecular flexibility index (Phi) is 17.0. The molecule has 0 saturated carbocycles. The molecule has 0 aliphatic heterocycles. The number of hydrogen-bond acceptors (Lipinski definition) is 15. The molecule has 324 valence electrons. The van der Waals surface area contributed by atoms with E-state index in [1.165, 1.54) is 39.3 Å². The zero-order valence-electron chi connectivity index (χ0n) is 31.8. The zero-order chi connectivity index (χ0) is 45.3. The number of sulfonamides is 1. The molecule has 0 aliphatic rings. The quantitative estimate of drug-likeness (QED) is 0.0794. The highest BCUT2D eigenvalue weighted by Gasteiger charge is 2.35. The van der Waals surface area contributed by atoms with Crippen LogP contribution in [0, 0.1) is 16.3 Å². The Bertz CT molecular complexity index is 2540. The molecule has 2 aromatic heterocycles. The first kappa shape index (κ1) is 49.0. The number of halogens is 6. The monoisotopic (exact) mass is 1020 g/mol. The van der Waals surface area contributed by atoms with Crippen molar-refractivity contribution < 1.29 is 59.4 Å². The van der Waals surface area contributed by atoms with Crippen LogP contribution in [-0.4, -0.2) is 89.5 Å². The van der Waals surface area contributed by atoms with Gasteiger partial charge in [-0.1, -0.05) is 11.6 Å². The van der Waals surface area contributed by atoms with Gasteiger partial charge in [0.1, 0.15) is 22.2 Å². The summed E-state index contributed by atoms with van der Waals surface area (Å²) in [7, 11) is 0.0598. The van der Waals surface area contributed by atoms with Gasteiger partial charge in [0.2, 0.25) is 11.9 Å². The second-order valence-corrected chi connectivity index (χ2v) is 16.2. The fourth-order valence-corrected chi connectivity index (χ4v) is 7.62. The molecule has 2 aromatic carbocycles. The Morgan fingerprint density at radius 2 is 1.68 bits per heavy atom. The number of aryl methyl sites for hydroxylation is 1. The molecule has 4 aromatic rings. The van der Waals surface area contributed by atoms with Crippen LogP contribution in [0.25, 0.3) is 5.69 Å². The highest BCUT2D eigenvalue weighted by molar-refractivity contribution is 14.1. The molecule has 0 aliphatic carbocycles. The molecule has 0 spiro atoms. The van der Waals surface area contributed by atoms with Crippen molar-refractivity contribution in [3.8, 4) is 11.7 Å². The first-order valence-electron chi connectivity index (χ1n) is 16.3. The first-order chi connectivity index (χ1) is 27.9. The maximum Gasteiger partial charge on any atom is 0.431 e. The lowest BCUT2D eigenvalue weighted by Crippen LogP contribution is -2.41. The van der Waals surface area contributed by atoms with Crippen molar-refractivity contribution >= 4 is 85.8 Å². The van der Waals surface area contributed by atoms with Gasteiger partial charge in [0.05, 0.1) is 49.3 Å². The van der Waals surface area contributed by atoms with Crippen LogP contribution in [0.4, 0.5) is 28.3 Å². The number of amides is 3. The third-order valence-electron chi connectivity index (χ3n) is 7.38. The summed E-state index contributed by atoms with van der Waals surface area (Å²) in [6, 6.07) is 4.84. The fourth-order valence-electron chi connectivity index (χ4n) is 4.58. The number of anilines is 1. The van der Waals surface area contributed by atoms with E-state index in [0.29, 0.717) is 3.57 Å². The van der Waals surface area contributed by atoms with Crippen molar-refractivity contribution in [1.82, 2.24) is 34.1 Å². The van der Waals surface area contributed by atoms with Crippen molar-refractivity contribution in [3.63, 3.8) is 0 Å². The molecule has 3 amide bonds. The van der Waals surface area contributed by atoms with Gasteiger partial charge in [-0.25, -0.2) is 36.5 Å². The normalized spacial score (nSPS) is 11.7. The number of nitrogens with one attached hydrogen (secondary N) is 3. The highest BCUT2D eigenvalue weighted by atomic mass is 127.